The number of nitrogens with zero attached hydrogens (tertiary/aromatic N) is 1. The number of amides is 1. The van der Waals surface area contributed by atoms with E-state index in [0.29, 0.717) is 13.2 Å². The molecule has 24 heavy (non-hydrogen) atoms. The molecule has 5 nitrogen and oxygen atoms in total. The maximum atomic E-state index is 13.2. The molecule has 1 atom stereocenters. The minimum Gasteiger partial charge on any atom is -0.378 e. The van der Waals surface area contributed by atoms with Gasteiger partial charge in [-0.25, -0.2) is 4.39 Å². The molecule has 0 saturated heterocycles. The van der Waals surface area contributed by atoms with Crippen LogP contribution in [0, 0.1) is 11.2 Å². The van der Waals surface area contributed by atoms with Crippen LogP contribution >= 0.6 is 0 Å². The van der Waals surface area contributed by atoms with Crippen molar-refractivity contribution in [1.29, 1.82) is 0 Å². The Morgan fingerprint density at radius 3 is 2.62 bits per heavy atom. The Morgan fingerprint density at radius 2 is 2.04 bits per heavy atom. The fraction of sp³-hybridized carbons (Fsp3) is 0.444. The molecule has 1 aromatic carbocycles. The summed E-state index contributed by atoms with van der Waals surface area (Å²) in [4.78, 5) is 12.9. The Morgan fingerprint density at radius 1 is 1.38 bits per heavy atom. The third-order valence-electron chi connectivity index (χ3n) is 4.88. The first-order valence-corrected chi connectivity index (χ1v) is 7.95. The minimum atomic E-state index is -0.601. The number of ether oxygens (including phenoxy) is 1. The van der Waals surface area contributed by atoms with Crippen LogP contribution in [-0.4, -0.2) is 23.2 Å². The number of hydrogen-bond donors (Lipinski definition) is 2. The third-order valence-corrected chi connectivity index (χ3v) is 4.88. The van der Waals surface area contributed by atoms with Gasteiger partial charge >= 0.3 is 0 Å². The normalized spacial score (nSPS) is 21.5. The second kappa shape index (κ2) is 6.02. The van der Waals surface area contributed by atoms with Crippen LogP contribution in [0.25, 0.3) is 0 Å². The number of hydrogen-bond acceptors (Lipinski definition) is 3. The molecule has 1 aromatic heterocycles. The quantitative estimate of drug-likeness (QED) is 0.855. The van der Waals surface area contributed by atoms with E-state index in [9.17, 15) is 9.18 Å². The van der Waals surface area contributed by atoms with Gasteiger partial charge in [0.25, 0.3) is 0 Å². The van der Waals surface area contributed by atoms with Crippen LogP contribution in [0.5, 0.6) is 0 Å². The molecule has 2 N–H and O–H groups in total. The van der Waals surface area contributed by atoms with Gasteiger partial charge in [0.1, 0.15) is 5.82 Å². The van der Waals surface area contributed by atoms with E-state index in [-0.39, 0.29) is 17.1 Å². The topological polar surface area (TPSA) is 67.0 Å². The highest BCUT2D eigenvalue weighted by Crippen LogP contribution is 2.64. The van der Waals surface area contributed by atoms with E-state index in [4.69, 9.17) is 4.74 Å². The summed E-state index contributed by atoms with van der Waals surface area (Å²) in [6, 6.07) is 8.09. The maximum Gasteiger partial charge on any atom is 0.231 e. The molecule has 1 heterocycles. The predicted octanol–water partition coefficient (Wildman–Crippen LogP) is 2.68. The van der Waals surface area contributed by atoms with E-state index >= 15 is 0 Å². The van der Waals surface area contributed by atoms with Crippen molar-refractivity contribution in [2.45, 2.75) is 38.8 Å². The van der Waals surface area contributed by atoms with Gasteiger partial charge in [-0.05, 0) is 35.6 Å². The van der Waals surface area contributed by atoms with Gasteiger partial charge in [-0.15, -0.1) is 0 Å². The summed E-state index contributed by atoms with van der Waals surface area (Å²) >= 11 is 0. The molecule has 3 rings (SSSR count). The predicted molar refractivity (Wildman–Crippen MR) is 87.6 cm³/mol. The number of benzene rings is 1. The zero-order valence-corrected chi connectivity index (χ0v) is 14.1. The summed E-state index contributed by atoms with van der Waals surface area (Å²) in [6.07, 6.45) is 0.745. The smallest absolute Gasteiger partial charge is 0.231 e. The molecule has 1 saturated carbocycles. The van der Waals surface area contributed by atoms with Gasteiger partial charge in [-0.1, -0.05) is 26.0 Å². The highest BCUT2D eigenvalue weighted by atomic mass is 19.1. The van der Waals surface area contributed by atoms with E-state index < -0.39 is 5.41 Å². The third kappa shape index (κ3) is 2.82. The first-order valence-electron chi connectivity index (χ1n) is 7.95. The fourth-order valence-electron chi connectivity index (χ4n) is 3.41. The lowest BCUT2D eigenvalue weighted by molar-refractivity contribution is -0.124. The number of H-pyrrole nitrogens is 1. The Hall–Kier alpha value is -2.21. The lowest BCUT2D eigenvalue weighted by Gasteiger charge is -2.20. The Bertz CT molecular complexity index is 739. The van der Waals surface area contributed by atoms with E-state index in [1.54, 1.807) is 19.2 Å². The van der Waals surface area contributed by atoms with Crippen molar-refractivity contribution in [3.63, 3.8) is 0 Å². The van der Waals surface area contributed by atoms with E-state index in [2.05, 4.69) is 29.4 Å². The molecule has 128 valence electrons. The molecule has 1 aliphatic carbocycles. The van der Waals surface area contributed by atoms with Gasteiger partial charge in [-0.3, -0.25) is 9.89 Å². The molecule has 1 fully saturated rings. The highest BCUT2D eigenvalue weighted by Gasteiger charge is 2.66. The second-order valence-corrected chi connectivity index (χ2v) is 6.97. The number of aromatic nitrogens is 2. The van der Waals surface area contributed by atoms with Gasteiger partial charge in [0.05, 0.1) is 30.0 Å². The summed E-state index contributed by atoms with van der Waals surface area (Å²) in [7, 11) is 1.61. The summed E-state index contributed by atoms with van der Waals surface area (Å²) in [6.45, 7) is 4.91. The number of aromatic amines is 1. The van der Waals surface area contributed by atoms with Crippen LogP contribution in [0.4, 0.5) is 4.39 Å². The zero-order chi connectivity index (χ0) is 17.4. The molecular formula is C18H22FN3O2. The number of carbonyl (C=O) groups excluding carboxylic acids is 1. The summed E-state index contributed by atoms with van der Waals surface area (Å²) < 4.78 is 18.2. The van der Waals surface area contributed by atoms with E-state index in [1.807, 2.05) is 6.07 Å². The van der Waals surface area contributed by atoms with Crippen molar-refractivity contribution >= 4 is 5.91 Å². The lowest BCUT2D eigenvalue weighted by Crippen LogP contribution is -2.37. The van der Waals surface area contributed by atoms with Crippen LogP contribution < -0.4 is 5.32 Å². The number of rotatable bonds is 6. The second-order valence-electron chi connectivity index (χ2n) is 6.97. The van der Waals surface area contributed by atoms with E-state index in [0.717, 1.165) is 23.4 Å². The lowest BCUT2D eigenvalue weighted by atomic mass is 9.87. The van der Waals surface area contributed by atoms with Crippen LogP contribution in [0.3, 0.4) is 0 Å². The number of halogens is 1. The van der Waals surface area contributed by atoms with Gasteiger partial charge < -0.3 is 10.1 Å². The first kappa shape index (κ1) is 16.6. The Kier molecular flexibility index (Phi) is 4.17. The van der Waals surface area contributed by atoms with Crippen LogP contribution in [-0.2, 0) is 28.1 Å². The van der Waals surface area contributed by atoms with Crippen molar-refractivity contribution < 1.29 is 13.9 Å². The molecule has 0 spiro atoms. The molecule has 0 radical (unpaired) electrons. The van der Waals surface area contributed by atoms with Gasteiger partial charge in [0.2, 0.25) is 5.91 Å². The van der Waals surface area contributed by atoms with E-state index in [1.165, 1.54) is 12.1 Å². The molecule has 0 unspecified atom stereocenters. The van der Waals surface area contributed by atoms with Crippen LogP contribution in [0.1, 0.15) is 37.2 Å². The Labute approximate surface area is 140 Å². The van der Waals surface area contributed by atoms with Crippen LogP contribution in [0.15, 0.2) is 30.3 Å². The highest BCUT2D eigenvalue weighted by molar-refractivity contribution is 5.93. The number of methoxy groups -OCH3 is 1. The molecule has 6 heteroatoms. The van der Waals surface area contributed by atoms with Crippen molar-refractivity contribution in [3.05, 3.63) is 53.1 Å². The molecule has 0 aliphatic heterocycles. The van der Waals surface area contributed by atoms with Crippen molar-refractivity contribution in [3.8, 4) is 0 Å². The minimum absolute atomic E-state index is 0.0398. The summed E-state index contributed by atoms with van der Waals surface area (Å²) in [5.74, 6) is -0.335. The van der Waals surface area contributed by atoms with Crippen LogP contribution in [0.2, 0.25) is 0 Å². The molecule has 2 aromatic rings. The zero-order valence-electron chi connectivity index (χ0n) is 14.1. The largest absolute Gasteiger partial charge is 0.378 e. The number of nitrogens with one attached hydrogen (secondary N) is 2. The average molecular weight is 331 g/mol. The first-order chi connectivity index (χ1) is 11.4. The van der Waals surface area contributed by atoms with Crippen molar-refractivity contribution in [1.82, 2.24) is 15.5 Å². The Balaban J connectivity index is 1.73. The maximum absolute atomic E-state index is 13.2. The number of carbonyl (C=O) groups is 1. The average Bonchev–Trinajstić information content (AvgIpc) is 2.91. The fourth-order valence-corrected chi connectivity index (χ4v) is 3.41. The SMILES string of the molecule is COCc1cc(CNC(=O)[C@@]2(c3ccc(F)cc3)CC2(C)C)[nH]n1. The monoisotopic (exact) mass is 331 g/mol. The molecule has 1 aliphatic rings. The standard InChI is InChI=1S/C18H22FN3O2/c1-17(2)11-18(17,12-4-6-13(19)7-5-12)16(23)20-9-14-8-15(10-24-3)22-21-14/h4-8H,9-11H2,1-3H3,(H,20,23)(H,21,22)/t18-/m0/s1. The summed E-state index contributed by atoms with van der Waals surface area (Å²) in [5, 5.41) is 9.99. The van der Waals surface area contributed by atoms with Gasteiger partial charge in [0.15, 0.2) is 0 Å². The van der Waals surface area contributed by atoms with Crippen molar-refractivity contribution in [2.24, 2.45) is 5.41 Å². The van der Waals surface area contributed by atoms with Gasteiger partial charge in [-0.2, -0.15) is 5.10 Å². The van der Waals surface area contributed by atoms with Crippen molar-refractivity contribution in [2.75, 3.05) is 7.11 Å². The summed E-state index contributed by atoms with van der Waals surface area (Å²) in [5.41, 5.74) is 1.72. The molecular weight excluding hydrogens is 309 g/mol. The van der Waals surface area contributed by atoms with Gasteiger partial charge in [0, 0.05) is 7.11 Å². The molecule has 1 amide bonds. The molecule has 0 bridgehead atoms.